The third kappa shape index (κ3) is 2.28. The molecular weight excluding hydrogens is 242 g/mol. The van der Waals surface area contributed by atoms with Crippen LogP contribution in [0, 0.1) is 0 Å². The van der Waals surface area contributed by atoms with Crippen molar-refractivity contribution >= 4 is 22.3 Å². The normalized spacial score (nSPS) is 10.5. The number of hydrogen-bond donors (Lipinski definition) is 2. The summed E-state index contributed by atoms with van der Waals surface area (Å²) in [7, 11) is 0. The molecule has 0 amide bonds. The minimum atomic E-state index is -0.568. The lowest BCUT2D eigenvalue weighted by atomic mass is 10.2. The number of para-hydroxylation sites is 1. The van der Waals surface area contributed by atoms with Gasteiger partial charge in [0, 0.05) is 17.4 Å². The van der Waals surface area contributed by atoms with Crippen LogP contribution in [0.1, 0.15) is 0 Å². The molecule has 94 valence electrons. The van der Waals surface area contributed by atoms with Gasteiger partial charge in [-0.25, -0.2) is 4.79 Å². The number of fused-ring (bicyclic) bond motifs is 1. The molecule has 4 nitrogen and oxygen atoms in total. The molecule has 0 aliphatic carbocycles. The van der Waals surface area contributed by atoms with Crippen molar-refractivity contribution in [3.8, 4) is 5.75 Å². The number of anilines is 2. The first-order valence-corrected chi connectivity index (χ1v) is 5.81. The second-order valence-electron chi connectivity index (χ2n) is 4.15. The molecule has 0 spiro atoms. The van der Waals surface area contributed by atoms with Crippen LogP contribution in [0.15, 0.2) is 63.8 Å². The molecular formula is C15H11NO3. The Kier molecular flexibility index (Phi) is 2.68. The number of benzene rings is 2. The van der Waals surface area contributed by atoms with E-state index in [4.69, 9.17) is 4.42 Å². The second kappa shape index (κ2) is 4.49. The van der Waals surface area contributed by atoms with Crippen LogP contribution in [0.25, 0.3) is 11.0 Å². The van der Waals surface area contributed by atoms with Crippen LogP contribution < -0.4 is 10.9 Å². The fourth-order valence-electron chi connectivity index (χ4n) is 1.91. The molecule has 0 aliphatic heterocycles. The van der Waals surface area contributed by atoms with Crippen LogP contribution in [0.2, 0.25) is 0 Å². The maximum Gasteiger partial charge on any atom is 0.339 e. The lowest BCUT2D eigenvalue weighted by Gasteiger charge is -2.07. The summed E-state index contributed by atoms with van der Waals surface area (Å²) in [6.45, 7) is 0. The maximum atomic E-state index is 11.2. The zero-order valence-electron chi connectivity index (χ0n) is 9.96. The molecule has 0 bridgehead atoms. The Hall–Kier alpha value is -2.75. The SMILES string of the molecule is O=c1cc(O)c2ccc(Nc3ccccc3)cc2o1. The Balaban J connectivity index is 2.05. The molecule has 19 heavy (non-hydrogen) atoms. The first-order valence-electron chi connectivity index (χ1n) is 5.81. The molecule has 0 saturated carbocycles. The Morgan fingerprint density at radius 2 is 1.74 bits per heavy atom. The van der Waals surface area contributed by atoms with Crippen molar-refractivity contribution in [1.82, 2.24) is 0 Å². The average Bonchev–Trinajstić information content (AvgIpc) is 2.39. The van der Waals surface area contributed by atoms with E-state index >= 15 is 0 Å². The van der Waals surface area contributed by atoms with Crippen LogP contribution >= 0.6 is 0 Å². The molecule has 1 aromatic heterocycles. The highest BCUT2D eigenvalue weighted by molar-refractivity contribution is 5.86. The summed E-state index contributed by atoms with van der Waals surface area (Å²) in [6.07, 6.45) is 0. The molecule has 2 aromatic carbocycles. The smallest absolute Gasteiger partial charge is 0.339 e. The van der Waals surface area contributed by atoms with E-state index in [1.54, 1.807) is 12.1 Å². The van der Waals surface area contributed by atoms with Gasteiger partial charge >= 0.3 is 5.63 Å². The van der Waals surface area contributed by atoms with Crippen molar-refractivity contribution in [3.05, 3.63) is 65.0 Å². The largest absolute Gasteiger partial charge is 0.507 e. The van der Waals surface area contributed by atoms with Crippen LogP contribution in [0.4, 0.5) is 11.4 Å². The lowest BCUT2D eigenvalue weighted by Crippen LogP contribution is -1.96. The van der Waals surface area contributed by atoms with E-state index in [2.05, 4.69) is 5.32 Å². The Morgan fingerprint density at radius 3 is 2.53 bits per heavy atom. The summed E-state index contributed by atoms with van der Waals surface area (Å²) in [5.74, 6) is -0.0717. The van der Waals surface area contributed by atoms with Gasteiger partial charge in [-0.05, 0) is 24.3 Å². The van der Waals surface area contributed by atoms with E-state index in [1.165, 1.54) is 0 Å². The van der Waals surface area contributed by atoms with Gasteiger partial charge in [0.2, 0.25) is 0 Å². The van der Waals surface area contributed by atoms with E-state index < -0.39 is 5.63 Å². The molecule has 1 heterocycles. The fraction of sp³-hybridized carbons (Fsp3) is 0. The predicted octanol–water partition coefficient (Wildman–Crippen LogP) is 3.24. The maximum absolute atomic E-state index is 11.2. The summed E-state index contributed by atoms with van der Waals surface area (Å²) in [5, 5.41) is 13.4. The Bertz CT molecular complexity index is 778. The quantitative estimate of drug-likeness (QED) is 0.688. The van der Waals surface area contributed by atoms with Crippen LogP contribution in [0.3, 0.4) is 0 Å². The zero-order valence-corrected chi connectivity index (χ0v) is 9.96. The first kappa shape index (κ1) is 11.3. The van der Waals surface area contributed by atoms with Gasteiger partial charge in [-0.3, -0.25) is 0 Å². The predicted molar refractivity (Wildman–Crippen MR) is 73.9 cm³/mol. The third-order valence-electron chi connectivity index (χ3n) is 2.79. The van der Waals surface area contributed by atoms with Crippen molar-refractivity contribution in [2.45, 2.75) is 0 Å². The second-order valence-corrected chi connectivity index (χ2v) is 4.15. The zero-order chi connectivity index (χ0) is 13.2. The topological polar surface area (TPSA) is 62.5 Å². The molecule has 4 heteroatoms. The molecule has 0 saturated heterocycles. The van der Waals surface area contributed by atoms with Gasteiger partial charge in [-0.15, -0.1) is 0 Å². The van der Waals surface area contributed by atoms with E-state index in [0.29, 0.717) is 11.0 Å². The molecule has 0 radical (unpaired) electrons. The molecule has 0 atom stereocenters. The van der Waals surface area contributed by atoms with Gasteiger partial charge in [0.05, 0.1) is 11.5 Å². The first-order chi connectivity index (χ1) is 9.22. The van der Waals surface area contributed by atoms with Gasteiger partial charge in [0.1, 0.15) is 11.3 Å². The van der Waals surface area contributed by atoms with Crippen LogP contribution in [-0.4, -0.2) is 5.11 Å². The highest BCUT2D eigenvalue weighted by Crippen LogP contribution is 2.26. The molecule has 0 aliphatic rings. The standard InChI is InChI=1S/C15H11NO3/c17-13-9-15(18)19-14-8-11(6-7-12(13)14)16-10-4-2-1-3-5-10/h1-9,16-17H. The van der Waals surface area contributed by atoms with E-state index in [1.807, 2.05) is 36.4 Å². The third-order valence-corrected chi connectivity index (χ3v) is 2.79. The minimum absolute atomic E-state index is 0.0717. The average molecular weight is 253 g/mol. The van der Waals surface area contributed by atoms with Crippen molar-refractivity contribution in [3.63, 3.8) is 0 Å². The van der Waals surface area contributed by atoms with E-state index in [9.17, 15) is 9.90 Å². The van der Waals surface area contributed by atoms with Crippen molar-refractivity contribution in [2.24, 2.45) is 0 Å². The van der Waals surface area contributed by atoms with E-state index in [0.717, 1.165) is 17.4 Å². The van der Waals surface area contributed by atoms with Crippen LogP contribution in [-0.2, 0) is 0 Å². The molecule has 0 fully saturated rings. The van der Waals surface area contributed by atoms with Gasteiger partial charge in [-0.2, -0.15) is 0 Å². The number of hydrogen-bond acceptors (Lipinski definition) is 4. The number of nitrogens with one attached hydrogen (secondary N) is 1. The Morgan fingerprint density at radius 1 is 0.947 bits per heavy atom. The van der Waals surface area contributed by atoms with Gasteiger partial charge in [0.15, 0.2) is 0 Å². The van der Waals surface area contributed by atoms with Crippen LogP contribution in [0.5, 0.6) is 5.75 Å². The highest BCUT2D eigenvalue weighted by Gasteiger charge is 2.05. The lowest BCUT2D eigenvalue weighted by molar-refractivity contribution is 0.468. The van der Waals surface area contributed by atoms with Crippen molar-refractivity contribution in [1.29, 1.82) is 0 Å². The molecule has 0 unspecified atom stereocenters. The van der Waals surface area contributed by atoms with Gasteiger partial charge < -0.3 is 14.8 Å². The monoisotopic (exact) mass is 253 g/mol. The van der Waals surface area contributed by atoms with Gasteiger partial charge in [-0.1, -0.05) is 18.2 Å². The van der Waals surface area contributed by atoms with E-state index in [-0.39, 0.29) is 5.75 Å². The fourth-order valence-corrected chi connectivity index (χ4v) is 1.91. The summed E-state index contributed by atoms with van der Waals surface area (Å²) in [4.78, 5) is 11.2. The summed E-state index contributed by atoms with van der Waals surface area (Å²) in [5.41, 5.74) is 1.50. The summed E-state index contributed by atoms with van der Waals surface area (Å²) in [6, 6.07) is 15.9. The Labute approximate surface area is 108 Å². The molecule has 3 aromatic rings. The molecule has 2 N–H and O–H groups in total. The molecule has 3 rings (SSSR count). The van der Waals surface area contributed by atoms with Gasteiger partial charge in [0.25, 0.3) is 0 Å². The summed E-state index contributed by atoms with van der Waals surface area (Å²) >= 11 is 0. The number of aromatic hydroxyl groups is 1. The summed E-state index contributed by atoms with van der Waals surface area (Å²) < 4.78 is 5.07. The number of rotatable bonds is 2. The van der Waals surface area contributed by atoms with Crippen molar-refractivity contribution in [2.75, 3.05) is 5.32 Å². The highest BCUT2D eigenvalue weighted by atomic mass is 16.4. The van der Waals surface area contributed by atoms with Crippen molar-refractivity contribution < 1.29 is 9.52 Å². The minimum Gasteiger partial charge on any atom is -0.507 e.